The molecule has 3 rings (SSSR count). The third-order valence-electron chi connectivity index (χ3n) is 5.57. The number of rotatable bonds is 10. The van der Waals surface area contributed by atoms with Crippen LogP contribution in [0.15, 0.2) is 47.5 Å². The van der Waals surface area contributed by atoms with Crippen LogP contribution in [0.4, 0.5) is 0 Å². The quantitative estimate of drug-likeness (QED) is 0.448. The van der Waals surface area contributed by atoms with E-state index in [9.17, 15) is 0 Å². The molecule has 0 bridgehead atoms. The lowest BCUT2D eigenvalue weighted by atomic mass is 10.1. The minimum Gasteiger partial charge on any atom is -0.493 e. The molecule has 7 heteroatoms. The van der Waals surface area contributed by atoms with Crippen molar-refractivity contribution in [1.29, 1.82) is 0 Å². The Kier molecular flexibility index (Phi) is 9.04. The standard InChI is InChI=1S/C25H35N3O4/c1-5-26-25(27-15-21-11-12-22(29-2)24(31-4)23(21)30-3)28-14-13-20(16-28)18-32-17-19-9-7-6-8-10-19/h6-12,20H,5,13-18H2,1-4H3,(H,26,27). The SMILES string of the molecule is CCNC(=NCc1ccc(OC)c(OC)c1OC)N1CCC(COCc2ccccc2)C1. The van der Waals surface area contributed by atoms with Crippen LogP contribution in [0.3, 0.4) is 0 Å². The minimum atomic E-state index is 0.484. The minimum absolute atomic E-state index is 0.484. The number of guanidine groups is 1. The van der Waals surface area contributed by atoms with Crippen LogP contribution in [0.25, 0.3) is 0 Å². The molecule has 1 saturated heterocycles. The Morgan fingerprint density at radius 2 is 1.81 bits per heavy atom. The molecule has 0 spiro atoms. The first-order valence-electron chi connectivity index (χ1n) is 11.1. The van der Waals surface area contributed by atoms with Crippen LogP contribution in [0, 0.1) is 5.92 Å². The highest BCUT2D eigenvalue weighted by Crippen LogP contribution is 2.40. The predicted molar refractivity (Wildman–Crippen MR) is 127 cm³/mol. The van der Waals surface area contributed by atoms with Crippen LogP contribution in [0.2, 0.25) is 0 Å². The van der Waals surface area contributed by atoms with Crippen LogP contribution in [0.1, 0.15) is 24.5 Å². The number of benzene rings is 2. The van der Waals surface area contributed by atoms with Crippen molar-refractivity contribution in [3.05, 3.63) is 53.6 Å². The number of methoxy groups -OCH3 is 3. The number of nitrogens with one attached hydrogen (secondary N) is 1. The van der Waals surface area contributed by atoms with Crippen molar-refractivity contribution in [2.24, 2.45) is 10.9 Å². The molecule has 0 radical (unpaired) electrons. The summed E-state index contributed by atoms with van der Waals surface area (Å²) in [7, 11) is 4.86. The van der Waals surface area contributed by atoms with Crippen molar-refractivity contribution in [2.45, 2.75) is 26.5 Å². The Bertz CT molecular complexity index is 873. The van der Waals surface area contributed by atoms with Gasteiger partial charge in [-0.05, 0) is 31.0 Å². The molecule has 2 aromatic rings. The Labute approximate surface area is 191 Å². The largest absolute Gasteiger partial charge is 0.493 e. The zero-order valence-electron chi connectivity index (χ0n) is 19.6. The monoisotopic (exact) mass is 441 g/mol. The summed E-state index contributed by atoms with van der Waals surface area (Å²) in [6.45, 7) is 6.70. The average molecular weight is 442 g/mol. The topological polar surface area (TPSA) is 64.6 Å². The van der Waals surface area contributed by atoms with E-state index < -0.39 is 0 Å². The summed E-state index contributed by atoms with van der Waals surface area (Å²) in [4.78, 5) is 7.19. The van der Waals surface area contributed by atoms with Gasteiger partial charge in [0.1, 0.15) is 0 Å². The lowest BCUT2D eigenvalue weighted by Crippen LogP contribution is -2.40. The van der Waals surface area contributed by atoms with Crippen LogP contribution < -0.4 is 19.5 Å². The van der Waals surface area contributed by atoms with Gasteiger partial charge in [0, 0.05) is 31.1 Å². The zero-order valence-corrected chi connectivity index (χ0v) is 19.6. The fraction of sp³-hybridized carbons (Fsp3) is 0.480. The Balaban J connectivity index is 1.61. The summed E-state index contributed by atoms with van der Waals surface area (Å²) in [5.41, 5.74) is 2.16. The highest BCUT2D eigenvalue weighted by Gasteiger charge is 2.25. The van der Waals surface area contributed by atoms with E-state index in [1.807, 2.05) is 30.3 Å². The van der Waals surface area contributed by atoms with Gasteiger partial charge < -0.3 is 29.2 Å². The second-order valence-corrected chi connectivity index (χ2v) is 7.77. The third kappa shape index (κ3) is 6.07. The summed E-state index contributed by atoms with van der Waals surface area (Å²) in [6.07, 6.45) is 1.10. The number of likely N-dealkylation sites (tertiary alicyclic amines) is 1. The molecule has 0 saturated carbocycles. The van der Waals surface area contributed by atoms with E-state index in [0.717, 1.165) is 44.2 Å². The lowest BCUT2D eigenvalue weighted by molar-refractivity contribution is 0.0906. The highest BCUT2D eigenvalue weighted by atomic mass is 16.5. The first kappa shape index (κ1) is 23.7. The fourth-order valence-electron chi connectivity index (χ4n) is 3.95. The van der Waals surface area contributed by atoms with Gasteiger partial charge in [0.2, 0.25) is 5.75 Å². The first-order valence-corrected chi connectivity index (χ1v) is 11.1. The summed E-state index contributed by atoms with van der Waals surface area (Å²) in [5.74, 6) is 3.29. The molecule has 1 fully saturated rings. The summed E-state index contributed by atoms with van der Waals surface area (Å²) < 4.78 is 22.4. The molecular weight excluding hydrogens is 406 g/mol. The van der Waals surface area contributed by atoms with Gasteiger partial charge in [-0.15, -0.1) is 0 Å². The van der Waals surface area contributed by atoms with Gasteiger partial charge >= 0.3 is 0 Å². The number of hydrogen-bond acceptors (Lipinski definition) is 5. The van der Waals surface area contributed by atoms with Crippen molar-refractivity contribution in [1.82, 2.24) is 10.2 Å². The smallest absolute Gasteiger partial charge is 0.203 e. The number of nitrogens with zero attached hydrogens (tertiary/aromatic N) is 2. The van der Waals surface area contributed by atoms with E-state index in [-0.39, 0.29) is 0 Å². The maximum absolute atomic E-state index is 5.97. The average Bonchev–Trinajstić information content (AvgIpc) is 3.30. The van der Waals surface area contributed by atoms with Gasteiger partial charge in [0.05, 0.1) is 41.1 Å². The van der Waals surface area contributed by atoms with E-state index in [1.165, 1.54) is 5.56 Å². The van der Waals surface area contributed by atoms with Crippen molar-refractivity contribution < 1.29 is 18.9 Å². The molecule has 2 aromatic carbocycles. The van der Waals surface area contributed by atoms with Gasteiger partial charge in [-0.1, -0.05) is 30.3 Å². The van der Waals surface area contributed by atoms with Gasteiger partial charge in [-0.25, -0.2) is 4.99 Å². The second kappa shape index (κ2) is 12.2. The van der Waals surface area contributed by atoms with Gasteiger partial charge in [-0.3, -0.25) is 0 Å². The van der Waals surface area contributed by atoms with Crippen molar-refractivity contribution in [2.75, 3.05) is 47.6 Å². The zero-order chi connectivity index (χ0) is 22.8. The Morgan fingerprint density at radius 3 is 2.50 bits per heavy atom. The molecule has 1 unspecified atom stereocenters. The van der Waals surface area contributed by atoms with Crippen LogP contribution in [-0.2, 0) is 17.9 Å². The van der Waals surface area contributed by atoms with Crippen LogP contribution in [0.5, 0.6) is 17.2 Å². The summed E-state index contributed by atoms with van der Waals surface area (Å²) >= 11 is 0. The van der Waals surface area contributed by atoms with Crippen LogP contribution >= 0.6 is 0 Å². The fourth-order valence-corrected chi connectivity index (χ4v) is 3.95. The number of aliphatic imine (C=N–C) groups is 1. The molecule has 1 aliphatic heterocycles. The lowest BCUT2D eigenvalue weighted by Gasteiger charge is -2.22. The van der Waals surface area contributed by atoms with E-state index in [4.69, 9.17) is 23.9 Å². The van der Waals surface area contributed by atoms with E-state index in [1.54, 1.807) is 21.3 Å². The van der Waals surface area contributed by atoms with Gasteiger partial charge in [0.15, 0.2) is 17.5 Å². The maximum atomic E-state index is 5.97. The molecule has 1 aliphatic rings. The van der Waals surface area contributed by atoms with Gasteiger partial charge in [0.25, 0.3) is 0 Å². The molecule has 0 amide bonds. The van der Waals surface area contributed by atoms with Crippen molar-refractivity contribution in [3.63, 3.8) is 0 Å². The van der Waals surface area contributed by atoms with Gasteiger partial charge in [-0.2, -0.15) is 0 Å². The third-order valence-corrected chi connectivity index (χ3v) is 5.57. The van der Waals surface area contributed by atoms with E-state index in [2.05, 4.69) is 29.3 Å². The molecule has 32 heavy (non-hydrogen) atoms. The number of hydrogen-bond donors (Lipinski definition) is 1. The summed E-state index contributed by atoms with van der Waals surface area (Å²) in [5, 5.41) is 3.42. The molecule has 7 nitrogen and oxygen atoms in total. The molecular formula is C25H35N3O4. The van der Waals surface area contributed by atoms with E-state index >= 15 is 0 Å². The van der Waals surface area contributed by atoms with Crippen LogP contribution in [-0.4, -0.2) is 58.4 Å². The first-order chi connectivity index (χ1) is 15.7. The second-order valence-electron chi connectivity index (χ2n) is 7.77. The number of ether oxygens (including phenoxy) is 4. The predicted octanol–water partition coefficient (Wildman–Crippen LogP) is 3.72. The Hall–Kier alpha value is -2.93. The molecule has 1 heterocycles. The highest BCUT2D eigenvalue weighted by molar-refractivity contribution is 5.80. The molecule has 0 aliphatic carbocycles. The maximum Gasteiger partial charge on any atom is 0.203 e. The Morgan fingerprint density at radius 1 is 1.03 bits per heavy atom. The van der Waals surface area contributed by atoms with Crippen molar-refractivity contribution >= 4 is 5.96 Å². The summed E-state index contributed by atoms with van der Waals surface area (Å²) in [6, 6.07) is 14.2. The normalized spacial score (nSPS) is 16.2. The molecule has 0 aromatic heterocycles. The molecule has 174 valence electrons. The molecule has 1 N–H and O–H groups in total. The molecule has 1 atom stereocenters. The van der Waals surface area contributed by atoms with E-state index in [0.29, 0.717) is 36.3 Å². The van der Waals surface area contributed by atoms with Crippen molar-refractivity contribution in [3.8, 4) is 17.2 Å².